The third-order valence-electron chi connectivity index (χ3n) is 4.74. The lowest BCUT2D eigenvalue weighted by molar-refractivity contribution is -0.121. The van der Waals surface area contributed by atoms with Crippen molar-refractivity contribution in [3.05, 3.63) is 18.2 Å². The number of hydrogen-bond donors (Lipinski definition) is 2. The number of nitrogens with zero attached hydrogens (tertiary/aromatic N) is 2. The van der Waals surface area contributed by atoms with Crippen LogP contribution in [0.5, 0.6) is 5.75 Å². The first-order valence-electron chi connectivity index (χ1n) is 8.07. The average molecular weight is 320 g/mol. The number of nitrogens with one attached hydrogen (secondary N) is 1. The molecule has 1 fully saturated rings. The third kappa shape index (κ3) is 4.36. The lowest BCUT2D eigenvalue weighted by Gasteiger charge is -2.37. The van der Waals surface area contributed by atoms with Crippen molar-refractivity contribution >= 4 is 17.3 Å². The molecular weight excluding hydrogens is 292 g/mol. The van der Waals surface area contributed by atoms with E-state index in [0.717, 1.165) is 25.9 Å². The number of carbonyl (C=O) groups excluding carboxylic acids is 1. The average Bonchev–Trinajstić information content (AvgIpc) is 2.55. The van der Waals surface area contributed by atoms with Crippen LogP contribution in [0, 0.1) is 0 Å². The van der Waals surface area contributed by atoms with E-state index in [4.69, 9.17) is 10.5 Å². The zero-order valence-corrected chi connectivity index (χ0v) is 14.5. The first-order chi connectivity index (χ1) is 10.9. The van der Waals surface area contributed by atoms with Gasteiger partial charge in [0.15, 0.2) is 0 Å². The predicted octanol–water partition coefficient (Wildman–Crippen LogP) is 1.63. The van der Waals surface area contributed by atoms with Crippen LogP contribution in [0.4, 0.5) is 11.4 Å². The van der Waals surface area contributed by atoms with E-state index in [1.165, 1.54) is 0 Å². The number of ether oxygens (including phenoxy) is 1. The molecule has 0 spiro atoms. The molecule has 0 bridgehead atoms. The van der Waals surface area contributed by atoms with Crippen LogP contribution in [0.1, 0.15) is 19.8 Å². The van der Waals surface area contributed by atoms with Gasteiger partial charge in [-0.3, -0.25) is 9.69 Å². The highest BCUT2D eigenvalue weighted by atomic mass is 16.5. The second kappa shape index (κ2) is 7.66. The first kappa shape index (κ1) is 17.6. The molecule has 1 unspecified atom stereocenters. The monoisotopic (exact) mass is 320 g/mol. The van der Waals surface area contributed by atoms with Gasteiger partial charge in [-0.25, -0.2) is 0 Å². The summed E-state index contributed by atoms with van der Waals surface area (Å²) in [5.74, 6) is 0.544. The Kier molecular flexibility index (Phi) is 5.85. The molecular formula is C17H28N4O2. The molecule has 1 heterocycles. The number of hydrogen-bond acceptors (Lipinski definition) is 5. The van der Waals surface area contributed by atoms with Crippen molar-refractivity contribution < 1.29 is 9.53 Å². The summed E-state index contributed by atoms with van der Waals surface area (Å²) in [6, 6.07) is 5.48. The Morgan fingerprint density at radius 2 is 2.09 bits per heavy atom. The molecule has 1 aliphatic heterocycles. The standard InChI is InChI=1S/C17H28N4O2/c1-12(21(3)14-7-9-20(2)10-8-14)17(22)19-15-6-5-13(18)11-16(15)23-4/h5-6,11-12,14H,7-10,18H2,1-4H3,(H,19,22). The zero-order valence-electron chi connectivity index (χ0n) is 14.5. The summed E-state index contributed by atoms with van der Waals surface area (Å²) < 4.78 is 5.28. The number of amides is 1. The van der Waals surface area contributed by atoms with E-state index in [-0.39, 0.29) is 11.9 Å². The number of anilines is 2. The summed E-state index contributed by atoms with van der Waals surface area (Å²) in [6.07, 6.45) is 2.19. The van der Waals surface area contributed by atoms with Gasteiger partial charge in [-0.1, -0.05) is 0 Å². The zero-order chi connectivity index (χ0) is 17.0. The predicted molar refractivity (Wildman–Crippen MR) is 93.8 cm³/mol. The number of carbonyl (C=O) groups is 1. The van der Waals surface area contributed by atoms with Crippen molar-refractivity contribution in [1.82, 2.24) is 9.80 Å². The Hall–Kier alpha value is -1.79. The second-order valence-electron chi connectivity index (χ2n) is 6.32. The molecule has 1 amide bonds. The van der Waals surface area contributed by atoms with Crippen LogP contribution in [0.3, 0.4) is 0 Å². The molecule has 3 N–H and O–H groups in total. The molecule has 6 heteroatoms. The number of nitrogens with two attached hydrogens (primary N) is 1. The number of rotatable bonds is 5. The molecule has 0 saturated carbocycles. The molecule has 1 aliphatic rings. The van der Waals surface area contributed by atoms with Crippen molar-refractivity contribution in [2.75, 3.05) is 45.3 Å². The van der Waals surface area contributed by atoms with E-state index in [1.54, 1.807) is 25.3 Å². The molecule has 0 aliphatic carbocycles. The van der Waals surface area contributed by atoms with E-state index in [1.807, 2.05) is 14.0 Å². The largest absolute Gasteiger partial charge is 0.494 e. The third-order valence-corrected chi connectivity index (χ3v) is 4.74. The quantitative estimate of drug-likeness (QED) is 0.807. The highest BCUT2D eigenvalue weighted by Gasteiger charge is 2.27. The normalized spacial score (nSPS) is 18.0. The molecule has 1 aromatic rings. The van der Waals surface area contributed by atoms with Crippen molar-refractivity contribution in [2.45, 2.75) is 31.8 Å². The summed E-state index contributed by atoms with van der Waals surface area (Å²) in [4.78, 5) is 17.1. The number of likely N-dealkylation sites (N-methyl/N-ethyl adjacent to an activating group) is 1. The summed E-state index contributed by atoms with van der Waals surface area (Å²) in [6.45, 7) is 4.10. The van der Waals surface area contributed by atoms with Gasteiger partial charge in [0.25, 0.3) is 0 Å². The van der Waals surface area contributed by atoms with Crippen LogP contribution in [0.15, 0.2) is 18.2 Å². The number of piperidine rings is 1. The van der Waals surface area contributed by atoms with Crippen molar-refractivity contribution in [3.8, 4) is 5.75 Å². The summed E-state index contributed by atoms with van der Waals surface area (Å²) in [5, 5.41) is 2.95. The topological polar surface area (TPSA) is 70.8 Å². The van der Waals surface area contributed by atoms with Crippen LogP contribution in [0.25, 0.3) is 0 Å². The molecule has 0 radical (unpaired) electrons. The molecule has 1 saturated heterocycles. The molecule has 23 heavy (non-hydrogen) atoms. The Balaban J connectivity index is 1.99. The van der Waals surface area contributed by atoms with Gasteiger partial charge in [-0.2, -0.15) is 0 Å². The fourth-order valence-electron chi connectivity index (χ4n) is 2.95. The van der Waals surface area contributed by atoms with Gasteiger partial charge >= 0.3 is 0 Å². The smallest absolute Gasteiger partial charge is 0.241 e. The van der Waals surface area contributed by atoms with E-state index < -0.39 is 0 Å². The fraction of sp³-hybridized carbons (Fsp3) is 0.588. The van der Waals surface area contributed by atoms with Crippen LogP contribution in [0.2, 0.25) is 0 Å². The molecule has 2 rings (SSSR count). The Bertz CT molecular complexity index is 541. The fourth-order valence-corrected chi connectivity index (χ4v) is 2.95. The molecule has 1 aromatic carbocycles. The maximum absolute atomic E-state index is 12.6. The minimum absolute atomic E-state index is 0.0329. The maximum Gasteiger partial charge on any atom is 0.241 e. The first-order valence-corrected chi connectivity index (χ1v) is 8.07. The van der Waals surface area contributed by atoms with Gasteiger partial charge in [0.05, 0.1) is 18.8 Å². The van der Waals surface area contributed by atoms with Gasteiger partial charge in [-0.05, 0) is 59.1 Å². The van der Waals surface area contributed by atoms with E-state index in [0.29, 0.717) is 23.2 Å². The molecule has 6 nitrogen and oxygen atoms in total. The second-order valence-corrected chi connectivity index (χ2v) is 6.32. The Morgan fingerprint density at radius 1 is 1.43 bits per heavy atom. The van der Waals surface area contributed by atoms with Crippen LogP contribution >= 0.6 is 0 Å². The van der Waals surface area contributed by atoms with Gasteiger partial charge < -0.3 is 20.7 Å². The molecule has 128 valence electrons. The molecule has 0 aromatic heterocycles. The lowest BCUT2D eigenvalue weighted by Crippen LogP contribution is -2.49. The lowest BCUT2D eigenvalue weighted by atomic mass is 10.0. The number of likely N-dealkylation sites (tertiary alicyclic amines) is 1. The summed E-state index contributed by atoms with van der Waals surface area (Å²) in [7, 11) is 5.73. The van der Waals surface area contributed by atoms with Crippen molar-refractivity contribution in [3.63, 3.8) is 0 Å². The summed E-state index contributed by atoms with van der Waals surface area (Å²) in [5.41, 5.74) is 7.00. The summed E-state index contributed by atoms with van der Waals surface area (Å²) >= 11 is 0. The van der Waals surface area contributed by atoms with E-state index in [9.17, 15) is 4.79 Å². The van der Waals surface area contributed by atoms with Gasteiger partial charge in [0, 0.05) is 17.8 Å². The van der Waals surface area contributed by atoms with Gasteiger partial charge in [0.1, 0.15) is 5.75 Å². The SMILES string of the molecule is COc1cc(N)ccc1NC(=O)C(C)N(C)C1CCN(C)CC1. The maximum atomic E-state index is 12.6. The highest BCUT2D eigenvalue weighted by Crippen LogP contribution is 2.27. The van der Waals surface area contributed by atoms with E-state index in [2.05, 4.69) is 22.2 Å². The number of nitrogen functional groups attached to an aromatic ring is 1. The van der Waals surface area contributed by atoms with Crippen LogP contribution in [-0.2, 0) is 4.79 Å². The highest BCUT2D eigenvalue weighted by molar-refractivity contribution is 5.96. The molecule has 1 atom stereocenters. The minimum Gasteiger partial charge on any atom is -0.494 e. The van der Waals surface area contributed by atoms with Crippen molar-refractivity contribution in [1.29, 1.82) is 0 Å². The Morgan fingerprint density at radius 3 is 2.70 bits per heavy atom. The van der Waals surface area contributed by atoms with E-state index >= 15 is 0 Å². The van der Waals surface area contributed by atoms with Gasteiger partial charge in [-0.15, -0.1) is 0 Å². The number of methoxy groups -OCH3 is 1. The van der Waals surface area contributed by atoms with Crippen molar-refractivity contribution in [2.24, 2.45) is 0 Å². The Labute approximate surface area is 138 Å². The minimum atomic E-state index is -0.203. The van der Waals surface area contributed by atoms with Crippen LogP contribution in [-0.4, -0.2) is 62.1 Å². The van der Waals surface area contributed by atoms with Gasteiger partial charge in [0.2, 0.25) is 5.91 Å². The van der Waals surface area contributed by atoms with Crippen LogP contribution < -0.4 is 15.8 Å². The number of benzene rings is 1.